The van der Waals surface area contributed by atoms with E-state index in [2.05, 4.69) is 48.2 Å². The highest BCUT2D eigenvalue weighted by atomic mass is 16.5. The molecule has 108 valence electrons. The van der Waals surface area contributed by atoms with Crippen molar-refractivity contribution in [1.29, 1.82) is 0 Å². The van der Waals surface area contributed by atoms with Crippen molar-refractivity contribution in [2.45, 2.75) is 46.6 Å². The zero-order chi connectivity index (χ0) is 14.1. The summed E-state index contributed by atoms with van der Waals surface area (Å²) in [6, 6.07) is 1.97. The average Bonchev–Trinajstić information content (AvgIpc) is 2.88. The Morgan fingerprint density at radius 3 is 2.79 bits per heavy atom. The number of rotatable bonds is 7. The van der Waals surface area contributed by atoms with Crippen LogP contribution in [0.15, 0.2) is 15.6 Å². The second-order valence-corrected chi connectivity index (χ2v) is 4.58. The number of hydrogen-bond donors (Lipinski definition) is 1. The molecule has 19 heavy (non-hydrogen) atoms. The standard InChI is InChI=1S/C14H26N4O/c1-5-8-9-18(4)14(15-7-3)16-11-13-10-12(6-2)17-19-13/h10H,5-9,11H2,1-4H3,(H,15,16). The Bertz CT molecular complexity index is 387. The van der Waals surface area contributed by atoms with Gasteiger partial charge < -0.3 is 14.7 Å². The number of nitrogens with one attached hydrogen (secondary N) is 1. The lowest BCUT2D eigenvalue weighted by atomic mass is 10.3. The first-order chi connectivity index (χ1) is 9.21. The Hall–Kier alpha value is -1.52. The molecule has 1 N–H and O–H groups in total. The molecule has 0 saturated carbocycles. The smallest absolute Gasteiger partial charge is 0.194 e. The highest BCUT2D eigenvalue weighted by Crippen LogP contribution is 2.06. The fourth-order valence-corrected chi connectivity index (χ4v) is 1.72. The zero-order valence-corrected chi connectivity index (χ0v) is 12.6. The topological polar surface area (TPSA) is 53.7 Å². The summed E-state index contributed by atoms with van der Waals surface area (Å²) in [5, 5.41) is 7.27. The molecule has 5 heteroatoms. The van der Waals surface area contributed by atoms with Crippen LogP contribution in [0.2, 0.25) is 0 Å². The van der Waals surface area contributed by atoms with Gasteiger partial charge in [-0.25, -0.2) is 4.99 Å². The van der Waals surface area contributed by atoms with Crippen molar-refractivity contribution in [1.82, 2.24) is 15.4 Å². The fraction of sp³-hybridized carbons (Fsp3) is 0.714. The molecule has 0 amide bonds. The van der Waals surface area contributed by atoms with Gasteiger partial charge in [-0.3, -0.25) is 0 Å². The lowest BCUT2D eigenvalue weighted by Crippen LogP contribution is -2.39. The summed E-state index contributed by atoms with van der Waals surface area (Å²) in [7, 11) is 2.06. The molecule has 1 aromatic rings. The molecule has 0 saturated heterocycles. The minimum atomic E-state index is 0.534. The van der Waals surface area contributed by atoms with E-state index in [4.69, 9.17) is 4.52 Å². The van der Waals surface area contributed by atoms with Crippen molar-refractivity contribution < 1.29 is 4.52 Å². The van der Waals surface area contributed by atoms with E-state index in [1.165, 1.54) is 12.8 Å². The minimum absolute atomic E-state index is 0.534. The molecule has 0 aromatic carbocycles. The van der Waals surface area contributed by atoms with Crippen LogP contribution in [0.3, 0.4) is 0 Å². The highest BCUT2D eigenvalue weighted by molar-refractivity contribution is 5.79. The minimum Gasteiger partial charge on any atom is -0.359 e. The predicted molar refractivity (Wildman–Crippen MR) is 78.2 cm³/mol. The molecule has 0 bridgehead atoms. The molecule has 0 fully saturated rings. The molecular weight excluding hydrogens is 240 g/mol. The van der Waals surface area contributed by atoms with E-state index in [-0.39, 0.29) is 0 Å². The van der Waals surface area contributed by atoms with Gasteiger partial charge in [-0.05, 0) is 19.8 Å². The van der Waals surface area contributed by atoms with Crippen molar-refractivity contribution in [2.24, 2.45) is 4.99 Å². The molecular formula is C14H26N4O. The number of unbranched alkanes of at least 4 members (excludes halogenated alkanes) is 1. The number of guanidine groups is 1. The molecule has 0 aliphatic rings. The molecule has 0 aliphatic carbocycles. The predicted octanol–water partition coefficient (Wildman–Crippen LogP) is 2.43. The maximum Gasteiger partial charge on any atom is 0.194 e. The molecule has 0 spiro atoms. The first-order valence-corrected chi connectivity index (χ1v) is 7.15. The summed E-state index contributed by atoms with van der Waals surface area (Å²) in [4.78, 5) is 6.74. The maximum absolute atomic E-state index is 5.24. The Balaban J connectivity index is 2.61. The van der Waals surface area contributed by atoms with Gasteiger partial charge in [0.2, 0.25) is 0 Å². The molecule has 1 heterocycles. The summed E-state index contributed by atoms with van der Waals surface area (Å²) < 4.78 is 5.24. The van der Waals surface area contributed by atoms with Crippen LogP contribution in [0, 0.1) is 0 Å². The van der Waals surface area contributed by atoms with E-state index in [9.17, 15) is 0 Å². The van der Waals surface area contributed by atoms with Gasteiger partial charge in [0.15, 0.2) is 11.7 Å². The van der Waals surface area contributed by atoms with Gasteiger partial charge in [-0.2, -0.15) is 0 Å². The van der Waals surface area contributed by atoms with Gasteiger partial charge in [0.25, 0.3) is 0 Å². The van der Waals surface area contributed by atoms with Crippen LogP contribution in [-0.4, -0.2) is 36.2 Å². The SMILES string of the molecule is CCCCN(C)C(=NCc1cc(CC)no1)NCC. The quantitative estimate of drug-likeness (QED) is 0.608. The summed E-state index contributed by atoms with van der Waals surface area (Å²) >= 11 is 0. The van der Waals surface area contributed by atoms with Crippen LogP contribution in [0.5, 0.6) is 0 Å². The largest absolute Gasteiger partial charge is 0.359 e. The van der Waals surface area contributed by atoms with E-state index in [1.54, 1.807) is 0 Å². The second kappa shape index (κ2) is 8.56. The monoisotopic (exact) mass is 266 g/mol. The maximum atomic E-state index is 5.24. The van der Waals surface area contributed by atoms with Gasteiger partial charge in [0.1, 0.15) is 6.54 Å². The Morgan fingerprint density at radius 1 is 1.42 bits per heavy atom. The molecule has 5 nitrogen and oxygen atoms in total. The van der Waals surface area contributed by atoms with Crippen molar-refractivity contribution in [3.8, 4) is 0 Å². The van der Waals surface area contributed by atoms with Crippen LogP contribution in [0.25, 0.3) is 0 Å². The van der Waals surface area contributed by atoms with Crippen LogP contribution >= 0.6 is 0 Å². The number of aliphatic imine (C=N–C) groups is 1. The fourth-order valence-electron chi connectivity index (χ4n) is 1.72. The Kier molecular flexibility index (Phi) is 7.00. The van der Waals surface area contributed by atoms with Crippen LogP contribution < -0.4 is 5.32 Å². The lowest BCUT2D eigenvalue weighted by molar-refractivity contribution is 0.378. The summed E-state index contributed by atoms with van der Waals surface area (Å²) in [5.74, 6) is 1.74. The van der Waals surface area contributed by atoms with Gasteiger partial charge in [0, 0.05) is 26.2 Å². The molecule has 0 radical (unpaired) electrons. The highest BCUT2D eigenvalue weighted by Gasteiger charge is 2.06. The molecule has 1 rings (SSSR count). The second-order valence-electron chi connectivity index (χ2n) is 4.58. The average molecular weight is 266 g/mol. The third-order valence-corrected chi connectivity index (χ3v) is 2.90. The molecule has 0 unspecified atom stereocenters. The Labute approximate surface area is 116 Å². The lowest BCUT2D eigenvalue weighted by Gasteiger charge is -2.21. The van der Waals surface area contributed by atoms with Crippen LogP contribution in [0.4, 0.5) is 0 Å². The number of aromatic nitrogens is 1. The molecule has 0 atom stereocenters. The number of hydrogen-bond acceptors (Lipinski definition) is 3. The van der Waals surface area contributed by atoms with Crippen molar-refractivity contribution in [3.63, 3.8) is 0 Å². The first kappa shape index (κ1) is 15.5. The molecule has 0 aliphatic heterocycles. The van der Waals surface area contributed by atoms with Gasteiger partial charge in [-0.1, -0.05) is 25.4 Å². The van der Waals surface area contributed by atoms with Crippen molar-refractivity contribution in [3.05, 3.63) is 17.5 Å². The summed E-state index contributed by atoms with van der Waals surface area (Å²) in [6.45, 7) is 8.75. The van der Waals surface area contributed by atoms with Crippen molar-refractivity contribution in [2.75, 3.05) is 20.1 Å². The first-order valence-electron chi connectivity index (χ1n) is 7.15. The van der Waals surface area contributed by atoms with Gasteiger partial charge >= 0.3 is 0 Å². The number of aryl methyl sites for hydroxylation is 1. The van der Waals surface area contributed by atoms with E-state index in [0.29, 0.717) is 6.54 Å². The number of nitrogens with zero attached hydrogens (tertiary/aromatic N) is 3. The summed E-state index contributed by atoms with van der Waals surface area (Å²) in [5.41, 5.74) is 0.981. The summed E-state index contributed by atoms with van der Waals surface area (Å²) in [6.07, 6.45) is 3.25. The van der Waals surface area contributed by atoms with E-state index in [0.717, 1.165) is 36.9 Å². The van der Waals surface area contributed by atoms with Gasteiger partial charge in [0.05, 0.1) is 5.69 Å². The normalized spacial score (nSPS) is 11.7. The van der Waals surface area contributed by atoms with E-state index < -0.39 is 0 Å². The van der Waals surface area contributed by atoms with Crippen molar-refractivity contribution >= 4 is 5.96 Å². The Morgan fingerprint density at radius 2 is 2.21 bits per heavy atom. The third-order valence-electron chi connectivity index (χ3n) is 2.90. The van der Waals surface area contributed by atoms with Crippen LogP contribution in [0.1, 0.15) is 45.1 Å². The van der Waals surface area contributed by atoms with E-state index >= 15 is 0 Å². The molecule has 1 aromatic heterocycles. The van der Waals surface area contributed by atoms with Crippen LogP contribution in [-0.2, 0) is 13.0 Å². The van der Waals surface area contributed by atoms with E-state index in [1.807, 2.05) is 6.07 Å². The zero-order valence-electron chi connectivity index (χ0n) is 12.6. The third kappa shape index (κ3) is 5.32. The van der Waals surface area contributed by atoms with Gasteiger partial charge in [-0.15, -0.1) is 0 Å².